The third-order valence-corrected chi connectivity index (χ3v) is 2.65. The summed E-state index contributed by atoms with van der Waals surface area (Å²) in [6, 6.07) is 11.9. The molecule has 0 aliphatic rings. The fourth-order valence-corrected chi connectivity index (χ4v) is 1.84. The van der Waals surface area contributed by atoms with Crippen LogP contribution in [-0.2, 0) is 11.2 Å². The van der Waals surface area contributed by atoms with Crippen molar-refractivity contribution in [2.24, 2.45) is 0 Å². The van der Waals surface area contributed by atoms with Gasteiger partial charge in [0.1, 0.15) is 5.60 Å². The zero-order valence-electron chi connectivity index (χ0n) is 12.3. The molecule has 1 atom stereocenters. The maximum Gasteiger partial charge on any atom is 0.407 e. The molecule has 0 fully saturated rings. The number of alkyl carbamates (subject to hydrolysis) is 1. The van der Waals surface area contributed by atoms with Crippen LogP contribution in [0, 0.1) is 11.3 Å². The van der Waals surface area contributed by atoms with Crippen LogP contribution in [0.15, 0.2) is 30.3 Å². The van der Waals surface area contributed by atoms with Crippen molar-refractivity contribution in [1.82, 2.24) is 5.32 Å². The van der Waals surface area contributed by atoms with Crippen molar-refractivity contribution in [3.63, 3.8) is 0 Å². The molecule has 0 saturated heterocycles. The molecule has 0 aliphatic heterocycles. The van der Waals surface area contributed by atoms with Gasteiger partial charge in [0, 0.05) is 12.5 Å². The summed E-state index contributed by atoms with van der Waals surface area (Å²) >= 11 is 0. The molecule has 0 saturated carbocycles. The number of amides is 1. The minimum Gasteiger partial charge on any atom is -0.444 e. The van der Waals surface area contributed by atoms with Gasteiger partial charge in [-0.1, -0.05) is 30.3 Å². The number of ether oxygens (including phenoxy) is 1. The summed E-state index contributed by atoms with van der Waals surface area (Å²) in [6.45, 7) is 5.48. The predicted molar refractivity (Wildman–Crippen MR) is 78.2 cm³/mol. The van der Waals surface area contributed by atoms with Crippen LogP contribution < -0.4 is 5.32 Å². The highest BCUT2D eigenvalue weighted by Crippen LogP contribution is 2.10. The van der Waals surface area contributed by atoms with E-state index < -0.39 is 11.7 Å². The van der Waals surface area contributed by atoms with Crippen LogP contribution in [-0.4, -0.2) is 17.7 Å². The Balaban J connectivity index is 2.60. The third kappa shape index (κ3) is 6.79. The molecule has 0 aliphatic carbocycles. The Kier molecular flexibility index (Phi) is 6.05. The highest BCUT2D eigenvalue weighted by atomic mass is 16.6. The molecule has 1 aromatic rings. The Morgan fingerprint density at radius 3 is 2.55 bits per heavy atom. The number of nitrogens with one attached hydrogen (secondary N) is 1. The van der Waals surface area contributed by atoms with Crippen LogP contribution >= 0.6 is 0 Å². The fourth-order valence-electron chi connectivity index (χ4n) is 1.84. The molecule has 0 radical (unpaired) electrons. The second-order valence-electron chi connectivity index (χ2n) is 5.73. The Labute approximate surface area is 120 Å². The van der Waals surface area contributed by atoms with Crippen molar-refractivity contribution in [2.45, 2.75) is 51.7 Å². The first-order valence-electron chi connectivity index (χ1n) is 6.81. The molecular weight excluding hydrogens is 252 g/mol. The second-order valence-corrected chi connectivity index (χ2v) is 5.73. The average molecular weight is 274 g/mol. The largest absolute Gasteiger partial charge is 0.444 e. The van der Waals surface area contributed by atoms with Crippen molar-refractivity contribution >= 4 is 6.09 Å². The highest BCUT2D eigenvalue weighted by Gasteiger charge is 2.19. The van der Waals surface area contributed by atoms with Crippen LogP contribution in [0.1, 0.15) is 39.2 Å². The van der Waals surface area contributed by atoms with Gasteiger partial charge in [-0.15, -0.1) is 0 Å². The Morgan fingerprint density at radius 2 is 2.00 bits per heavy atom. The molecule has 1 rings (SSSR count). The quantitative estimate of drug-likeness (QED) is 0.894. The Morgan fingerprint density at radius 1 is 1.35 bits per heavy atom. The molecule has 0 bridgehead atoms. The van der Waals surface area contributed by atoms with E-state index in [1.165, 1.54) is 0 Å². The topological polar surface area (TPSA) is 62.1 Å². The molecule has 1 aromatic carbocycles. The lowest BCUT2D eigenvalue weighted by atomic mass is 10.0. The summed E-state index contributed by atoms with van der Waals surface area (Å²) in [5, 5.41) is 11.6. The summed E-state index contributed by atoms with van der Waals surface area (Å²) in [6.07, 6.45) is 1.29. The van der Waals surface area contributed by atoms with Crippen LogP contribution in [0.4, 0.5) is 4.79 Å². The summed E-state index contributed by atoms with van der Waals surface area (Å²) in [5.41, 5.74) is 0.614. The molecule has 1 N–H and O–H groups in total. The summed E-state index contributed by atoms with van der Waals surface area (Å²) in [4.78, 5) is 11.8. The minimum absolute atomic E-state index is 0.0908. The maximum absolute atomic E-state index is 11.8. The van der Waals surface area contributed by atoms with Crippen molar-refractivity contribution < 1.29 is 9.53 Å². The van der Waals surface area contributed by atoms with Gasteiger partial charge < -0.3 is 10.1 Å². The van der Waals surface area contributed by atoms with Gasteiger partial charge in [-0.25, -0.2) is 4.79 Å². The van der Waals surface area contributed by atoms with Crippen LogP contribution in [0.3, 0.4) is 0 Å². The van der Waals surface area contributed by atoms with Crippen LogP contribution in [0.25, 0.3) is 0 Å². The molecule has 4 heteroatoms. The first kappa shape index (κ1) is 16.0. The molecular formula is C16H22N2O2. The first-order chi connectivity index (χ1) is 9.40. The predicted octanol–water partition coefficient (Wildman–Crippen LogP) is 3.43. The smallest absolute Gasteiger partial charge is 0.407 e. The minimum atomic E-state index is -0.517. The van der Waals surface area contributed by atoms with Gasteiger partial charge in [0.2, 0.25) is 0 Å². The van der Waals surface area contributed by atoms with E-state index in [1.807, 2.05) is 51.1 Å². The number of benzene rings is 1. The van der Waals surface area contributed by atoms with E-state index in [1.54, 1.807) is 0 Å². The van der Waals surface area contributed by atoms with Gasteiger partial charge in [0.05, 0.1) is 6.07 Å². The number of nitriles is 1. The van der Waals surface area contributed by atoms with Gasteiger partial charge in [0.15, 0.2) is 0 Å². The van der Waals surface area contributed by atoms with Crippen LogP contribution in [0.2, 0.25) is 0 Å². The van der Waals surface area contributed by atoms with Crippen molar-refractivity contribution in [3.8, 4) is 6.07 Å². The maximum atomic E-state index is 11.8. The van der Waals surface area contributed by atoms with Gasteiger partial charge in [-0.3, -0.25) is 0 Å². The zero-order valence-corrected chi connectivity index (χ0v) is 12.3. The lowest BCUT2D eigenvalue weighted by Crippen LogP contribution is -2.40. The molecule has 0 aromatic heterocycles. The van der Waals surface area contributed by atoms with E-state index in [0.29, 0.717) is 19.3 Å². The van der Waals surface area contributed by atoms with E-state index >= 15 is 0 Å². The Bertz CT molecular complexity index is 458. The zero-order chi connectivity index (χ0) is 15.0. The number of rotatable bonds is 5. The summed E-state index contributed by atoms with van der Waals surface area (Å²) in [7, 11) is 0. The van der Waals surface area contributed by atoms with E-state index in [9.17, 15) is 4.79 Å². The third-order valence-electron chi connectivity index (χ3n) is 2.65. The number of hydrogen-bond donors (Lipinski definition) is 1. The van der Waals surface area contributed by atoms with Gasteiger partial charge in [-0.05, 0) is 39.2 Å². The lowest BCUT2D eigenvalue weighted by molar-refractivity contribution is 0.0502. The number of hydrogen-bond acceptors (Lipinski definition) is 3. The Hall–Kier alpha value is -2.02. The molecule has 0 heterocycles. The fraction of sp³-hybridized carbons (Fsp3) is 0.500. The summed E-state index contributed by atoms with van der Waals surface area (Å²) < 4.78 is 5.25. The van der Waals surface area contributed by atoms with Crippen molar-refractivity contribution in [1.29, 1.82) is 5.26 Å². The summed E-state index contributed by atoms with van der Waals surface area (Å²) in [5.74, 6) is 0. The average Bonchev–Trinajstić information content (AvgIpc) is 2.35. The van der Waals surface area contributed by atoms with Crippen LogP contribution in [0.5, 0.6) is 0 Å². The van der Waals surface area contributed by atoms with E-state index in [0.717, 1.165) is 5.56 Å². The van der Waals surface area contributed by atoms with Crippen molar-refractivity contribution in [2.75, 3.05) is 0 Å². The highest BCUT2D eigenvalue weighted by molar-refractivity contribution is 5.68. The van der Waals surface area contributed by atoms with Gasteiger partial charge >= 0.3 is 6.09 Å². The first-order valence-corrected chi connectivity index (χ1v) is 6.81. The molecule has 4 nitrogen and oxygen atoms in total. The lowest BCUT2D eigenvalue weighted by Gasteiger charge is -2.23. The molecule has 1 unspecified atom stereocenters. The van der Waals surface area contributed by atoms with E-state index in [-0.39, 0.29) is 6.04 Å². The monoisotopic (exact) mass is 274 g/mol. The molecule has 20 heavy (non-hydrogen) atoms. The van der Waals surface area contributed by atoms with E-state index in [4.69, 9.17) is 10.00 Å². The SMILES string of the molecule is CC(C)(C)OC(=O)NC(CCC#N)Cc1ccccc1. The molecule has 0 spiro atoms. The standard InChI is InChI=1S/C16H22N2O2/c1-16(2,3)20-15(19)18-14(10-7-11-17)12-13-8-5-4-6-9-13/h4-6,8-9,14H,7,10,12H2,1-3H3,(H,18,19). The molecule has 1 amide bonds. The number of nitrogens with zero attached hydrogens (tertiary/aromatic N) is 1. The van der Waals surface area contributed by atoms with Gasteiger partial charge in [0.25, 0.3) is 0 Å². The normalized spacial score (nSPS) is 12.3. The number of carbonyl (C=O) groups is 1. The number of carbonyl (C=O) groups excluding carboxylic acids is 1. The van der Waals surface area contributed by atoms with Gasteiger partial charge in [-0.2, -0.15) is 5.26 Å². The molecule has 108 valence electrons. The second kappa shape index (κ2) is 7.54. The van der Waals surface area contributed by atoms with E-state index in [2.05, 4.69) is 11.4 Å². The van der Waals surface area contributed by atoms with Crippen molar-refractivity contribution in [3.05, 3.63) is 35.9 Å².